The summed E-state index contributed by atoms with van der Waals surface area (Å²) in [4.78, 5) is 29.1. The van der Waals surface area contributed by atoms with Crippen LogP contribution >= 0.6 is 0 Å². The predicted octanol–water partition coefficient (Wildman–Crippen LogP) is 2.68. The molecule has 8 heteroatoms. The standard InChI is InChI=1S/C24H24FN3O4/c25-18-6-5-17-7-9-26(19(17)15-18)10-8-23(29)27-11-13-28(14-12-27)24(30)22-16-31-20-3-1-2-4-21(20)32-22/h1-7,9,15,22H,8,10-14,16H2. The van der Waals surface area contributed by atoms with E-state index in [0.717, 1.165) is 10.9 Å². The van der Waals surface area contributed by atoms with Crippen molar-refractivity contribution in [3.05, 3.63) is 60.5 Å². The minimum atomic E-state index is -0.672. The molecule has 1 fully saturated rings. The van der Waals surface area contributed by atoms with Crippen molar-refractivity contribution in [3.8, 4) is 11.5 Å². The molecule has 1 aromatic heterocycles. The van der Waals surface area contributed by atoms with Crippen LogP contribution in [0.25, 0.3) is 10.9 Å². The Balaban J connectivity index is 1.13. The first-order valence-electron chi connectivity index (χ1n) is 10.8. The zero-order valence-corrected chi connectivity index (χ0v) is 17.6. The van der Waals surface area contributed by atoms with Crippen LogP contribution in [0.4, 0.5) is 4.39 Å². The highest BCUT2D eigenvalue weighted by atomic mass is 19.1. The lowest BCUT2D eigenvalue weighted by Gasteiger charge is -2.37. The van der Waals surface area contributed by atoms with E-state index in [2.05, 4.69) is 0 Å². The number of piperazine rings is 1. The quantitative estimate of drug-likeness (QED) is 0.630. The van der Waals surface area contributed by atoms with E-state index in [-0.39, 0.29) is 24.2 Å². The van der Waals surface area contributed by atoms with Crippen LogP contribution in [0, 0.1) is 5.82 Å². The topological polar surface area (TPSA) is 64.0 Å². The van der Waals surface area contributed by atoms with Gasteiger partial charge in [0.2, 0.25) is 12.0 Å². The Labute approximate surface area is 184 Å². The maximum atomic E-state index is 13.6. The molecule has 1 saturated heterocycles. The molecule has 1 atom stereocenters. The van der Waals surface area contributed by atoms with Crippen molar-refractivity contribution in [2.45, 2.75) is 19.1 Å². The Morgan fingerprint density at radius 2 is 1.72 bits per heavy atom. The summed E-state index contributed by atoms with van der Waals surface area (Å²) < 4.78 is 26.9. The summed E-state index contributed by atoms with van der Waals surface area (Å²) in [6, 6.07) is 13.9. The van der Waals surface area contributed by atoms with Crippen LogP contribution in [0.3, 0.4) is 0 Å². The van der Waals surface area contributed by atoms with E-state index in [9.17, 15) is 14.0 Å². The van der Waals surface area contributed by atoms with Crippen molar-refractivity contribution in [1.29, 1.82) is 0 Å². The average molecular weight is 437 g/mol. The molecule has 0 N–H and O–H groups in total. The zero-order chi connectivity index (χ0) is 22.1. The van der Waals surface area contributed by atoms with Crippen LogP contribution in [0.2, 0.25) is 0 Å². The number of aryl methyl sites for hydroxylation is 1. The molecular weight excluding hydrogens is 413 g/mol. The molecule has 1 unspecified atom stereocenters. The van der Waals surface area contributed by atoms with Crippen LogP contribution < -0.4 is 9.47 Å². The number of fused-ring (bicyclic) bond motifs is 2. The number of para-hydroxylation sites is 2. The van der Waals surface area contributed by atoms with Crippen molar-refractivity contribution in [2.24, 2.45) is 0 Å². The normalized spacial score (nSPS) is 18.1. The Bertz CT molecular complexity index is 1150. The van der Waals surface area contributed by atoms with Gasteiger partial charge in [-0.15, -0.1) is 0 Å². The van der Waals surface area contributed by atoms with Gasteiger partial charge >= 0.3 is 0 Å². The third-order valence-electron chi connectivity index (χ3n) is 6.03. The number of nitrogens with zero attached hydrogens (tertiary/aromatic N) is 3. The molecule has 0 radical (unpaired) electrons. The molecule has 2 aliphatic rings. The van der Waals surface area contributed by atoms with Gasteiger partial charge in [-0.3, -0.25) is 9.59 Å². The van der Waals surface area contributed by atoms with Gasteiger partial charge in [0.25, 0.3) is 5.91 Å². The number of carbonyl (C=O) groups is 2. The third kappa shape index (κ3) is 4.00. The molecule has 0 aliphatic carbocycles. The first-order valence-corrected chi connectivity index (χ1v) is 10.8. The molecule has 0 saturated carbocycles. The Hall–Kier alpha value is -3.55. The summed E-state index contributed by atoms with van der Waals surface area (Å²) in [6.45, 7) is 2.55. The van der Waals surface area contributed by atoms with Crippen LogP contribution in [0.1, 0.15) is 6.42 Å². The molecule has 3 aromatic rings. The summed E-state index contributed by atoms with van der Waals surface area (Å²) in [6.07, 6.45) is 1.53. The van der Waals surface area contributed by atoms with Gasteiger partial charge in [0.1, 0.15) is 12.4 Å². The van der Waals surface area contributed by atoms with Gasteiger partial charge in [-0.1, -0.05) is 12.1 Å². The van der Waals surface area contributed by atoms with E-state index in [4.69, 9.17) is 9.47 Å². The second-order valence-electron chi connectivity index (χ2n) is 8.03. The minimum absolute atomic E-state index is 0.0292. The van der Waals surface area contributed by atoms with Crippen LogP contribution in [-0.2, 0) is 16.1 Å². The number of halogens is 1. The summed E-state index contributed by atoms with van der Waals surface area (Å²) in [7, 11) is 0. The van der Waals surface area contributed by atoms with Gasteiger partial charge in [0.05, 0.1) is 5.52 Å². The molecular formula is C24H24FN3O4. The second kappa shape index (κ2) is 8.53. The number of amides is 2. The van der Waals surface area contributed by atoms with Crippen molar-refractivity contribution in [3.63, 3.8) is 0 Å². The van der Waals surface area contributed by atoms with Gasteiger partial charge in [0, 0.05) is 45.3 Å². The minimum Gasteiger partial charge on any atom is -0.485 e. The average Bonchev–Trinajstić information content (AvgIpc) is 3.23. The summed E-state index contributed by atoms with van der Waals surface area (Å²) >= 11 is 0. The molecule has 2 amide bonds. The van der Waals surface area contributed by atoms with Gasteiger partial charge in [-0.2, -0.15) is 0 Å². The first-order chi connectivity index (χ1) is 15.6. The SMILES string of the molecule is O=C(CCn1ccc2ccc(F)cc21)N1CCN(C(=O)C2COc3ccccc3O2)CC1. The lowest BCUT2D eigenvalue weighted by Crippen LogP contribution is -2.55. The van der Waals surface area contributed by atoms with Gasteiger partial charge in [-0.05, 0) is 41.8 Å². The molecule has 2 aliphatic heterocycles. The first kappa shape index (κ1) is 20.4. The smallest absolute Gasteiger partial charge is 0.267 e. The van der Waals surface area contributed by atoms with Gasteiger partial charge in [-0.25, -0.2) is 4.39 Å². The molecule has 166 valence electrons. The van der Waals surface area contributed by atoms with E-state index < -0.39 is 6.10 Å². The summed E-state index contributed by atoms with van der Waals surface area (Å²) in [5, 5.41) is 0.947. The fraction of sp³-hybridized carbons (Fsp3) is 0.333. The lowest BCUT2D eigenvalue weighted by molar-refractivity contribution is -0.146. The molecule has 0 spiro atoms. The third-order valence-corrected chi connectivity index (χ3v) is 6.03. The summed E-state index contributed by atoms with van der Waals surface area (Å²) in [5.41, 5.74) is 0.782. The Morgan fingerprint density at radius 3 is 2.53 bits per heavy atom. The maximum absolute atomic E-state index is 13.6. The highest BCUT2D eigenvalue weighted by molar-refractivity contribution is 5.83. The van der Waals surface area contributed by atoms with Crippen molar-refractivity contribution >= 4 is 22.7 Å². The fourth-order valence-electron chi connectivity index (χ4n) is 4.25. The molecule has 5 rings (SSSR count). The Kier molecular flexibility index (Phi) is 5.43. The predicted molar refractivity (Wildman–Crippen MR) is 116 cm³/mol. The van der Waals surface area contributed by atoms with E-state index in [1.54, 1.807) is 21.9 Å². The molecule has 3 heterocycles. The number of benzene rings is 2. The van der Waals surface area contributed by atoms with E-state index in [1.165, 1.54) is 12.1 Å². The Morgan fingerprint density at radius 1 is 0.969 bits per heavy atom. The van der Waals surface area contributed by atoms with Gasteiger partial charge < -0.3 is 23.8 Å². The van der Waals surface area contributed by atoms with Gasteiger partial charge in [0.15, 0.2) is 11.5 Å². The van der Waals surface area contributed by atoms with E-state index in [1.807, 2.05) is 35.0 Å². The van der Waals surface area contributed by atoms with E-state index in [0.29, 0.717) is 50.6 Å². The number of rotatable bonds is 4. The number of aromatic nitrogens is 1. The molecule has 0 bridgehead atoms. The molecule has 32 heavy (non-hydrogen) atoms. The monoisotopic (exact) mass is 437 g/mol. The number of ether oxygens (including phenoxy) is 2. The highest BCUT2D eigenvalue weighted by Crippen LogP contribution is 2.31. The fourth-order valence-corrected chi connectivity index (χ4v) is 4.25. The largest absolute Gasteiger partial charge is 0.485 e. The lowest BCUT2D eigenvalue weighted by atomic mass is 10.2. The van der Waals surface area contributed by atoms with Crippen molar-refractivity contribution in [1.82, 2.24) is 14.4 Å². The number of hydrogen-bond acceptors (Lipinski definition) is 4. The van der Waals surface area contributed by atoms with Crippen LogP contribution in [0.5, 0.6) is 11.5 Å². The number of hydrogen-bond donors (Lipinski definition) is 0. The summed E-state index contributed by atoms with van der Waals surface area (Å²) in [5.74, 6) is 0.836. The zero-order valence-electron chi connectivity index (χ0n) is 17.6. The molecule has 7 nitrogen and oxygen atoms in total. The maximum Gasteiger partial charge on any atom is 0.267 e. The van der Waals surface area contributed by atoms with Crippen molar-refractivity contribution in [2.75, 3.05) is 32.8 Å². The van der Waals surface area contributed by atoms with Crippen molar-refractivity contribution < 1.29 is 23.5 Å². The number of carbonyl (C=O) groups excluding carboxylic acids is 2. The van der Waals surface area contributed by atoms with E-state index >= 15 is 0 Å². The van der Waals surface area contributed by atoms with Crippen LogP contribution in [0.15, 0.2) is 54.7 Å². The highest BCUT2D eigenvalue weighted by Gasteiger charge is 2.33. The molecule has 2 aromatic carbocycles. The second-order valence-corrected chi connectivity index (χ2v) is 8.03. The van der Waals surface area contributed by atoms with Crippen LogP contribution in [-0.4, -0.2) is 65.1 Å².